The van der Waals surface area contributed by atoms with Crippen LogP contribution < -0.4 is 19.7 Å². The SMILES string of the molecule is COc1ccc(/C=N\NC(=O)c2cccc(I)c2)cc1OS(=O)(=O)c1ccc(NC(C)=O)cc1. The van der Waals surface area contributed by atoms with E-state index in [0.717, 1.165) is 3.57 Å². The molecule has 0 spiro atoms. The molecule has 0 atom stereocenters. The molecule has 3 aromatic carbocycles. The van der Waals surface area contributed by atoms with Gasteiger partial charge in [-0.15, -0.1) is 0 Å². The van der Waals surface area contributed by atoms with Gasteiger partial charge in [0, 0.05) is 21.7 Å². The van der Waals surface area contributed by atoms with Crippen molar-refractivity contribution >= 4 is 56.4 Å². The minimum Gasteiger partial charge on any atom is -0.493 e. The van der Waals surface area contributed by atoms with Crippen molar-refractivity contribution in [3.8, 4) is 11.5 Å². The Morgan fingerprint density at radius 2 is 1.74 bits per heavy atom. The molecule has 2 N–H and O–H groups in total. The Kier molecular flexibility index (Phi) is 8.23. The highest BCUT2D eigenvalue weighted by molar-refractivity contribution is 14.1. The molecule has 0 saturated heterocycles. The number of hydrogen-bond acceptors (Lipinski definition) is 7. The van der Waals surface area contributed by atoms with Gasteiger partial charge in [-0.1, -0.05) is 6.07 Å². The molecule has 11 heteroatoms. The lowest BCUT2D eigenvalue weighted by atomic mass is 10.2. The van der Waals surface area contributed by atoms with Gasteiger partial charge in [-0.2, -0.15) is 13.5 Å². The second kappa shape index (κ2) is 11.1. The minimum absolute atomic E-state index is 0.0543. The Labute approximate surface area is 210 Å². The zero-order chi connectivity index (χ0) is 24.7. The highest BCUT2D eigenvalue weighted by Crippen LogP contribution is 2.30. The maximum atomic E-state index is 12.7. The minimum atomic E-state index is -4.19. The largest absolute Gasteiger partial charge is 0.493 e. The van der Waals surface area contributed by atoms with E-state index in [9.17, 15) is 18.0 Å². The average Bonchev–Trinajstić information content (AvgIpc) is 2.79. The zero-order valence-corrected chi connectivity index (χ0v) is 21.1. The fraction of sp³-hybridized carbons (Fsp3) is 0.0870. The maximum absolute atomic E-state index is 12.7. The molecule has 0 heterocycles. The molecule has 3 aromatic rings. The monoisotopic (exact) mass is 593 g/mol. The van der Waals surface area contributed by atoms with Crippen LogP contribution in [0.1, 0.15) is 22.8 Å². The van der Waals surface area contributed by atoms with E-state index < -0.39 is 10.1 Å². The first-order valence-corrected chi connectivity index (χ1v) is 12.3. The number of hydrazone groups is 1. The summed E-state index contributed by atoms with van der Waals surface area (Å²) in [4.78, 5) is 23.2. The first-order chi connectivity index (χ1) is 16.2. The number of carbonyl (C=O) groups is 2. The van der Waals surface area contributed by atoms with Crippen LogP contribution in [0.4, 0.5) is 5.69 Å². The van der Waals surface area contributed by atoms with Gasteiger partial charge >= 0.3 is 10.1 Å². The molecule has 2 amide bonds. The molecule has 0 fully saturated rings. The van der Waals surface area contributed by atoms with Crippen molar-refractivity contribution in [3.63, 3.8) is 0 Å². The summed E-state index contributed by atoms with van der Waals surface area (Å²) in [7, 11) is -2.81. The molecule has 0 aromatic heterocycles. The number of carbonyl (C=O) groups excluding carboxylic acids is 2. The number of halogens is 1. The van der Waals surface area contributed by atoms with Gasteiger partial charge in [-0.3, -0.25) is 9.59 Å². The van der Waals surface area contributed by atoms with Gasteiger partial charge in [0.05, 0.1) is 13.3 Å². The van der Waals surface area contributed by atoms with Crippen molar-refractivity contribution < 1.29 is 26.9 Å². The second-order valence-electron chi connectivity index (χ2n) is 6.86. The maximum Gasteiger partial charge on any atom is 0.339 e. The lowest BCUT2D eigenvalue weighted by Crippen LogP contribution is -2.17. The predicted octanol–water partition coefficient (Wildman–Crippen LogP) is 3.79. The summed E-state index contributed by atoms with van der Waals surface area (Å²) in [5.41, 5.74) is 3.80. The van der Waals surface area contributed by atoms with Gasteiger partial charge < -0.3 is 14.2 Å². The molecule has 0 aliphatic heterocycles. The summed E-state index contributed by atoms with van der Waals surface area (Å²) in [6.07, 6.45) is 1.35. The van der Waals surface area contributed by atoms with Gasteiger partial charge in [-0.05, 0) is 88.8 Å². The zero-order valence-electron chi connectivity index (χ0n) is 18.1. The molecule has 0 radical (unpaired) electrons. The van der Waals surface area contributed by atoms with Crippen LogP contribution in [-0.4, -0.2) is 33.6 Å². The number of hydrogen-bond donors (Lipinski definition) is 2. The van der Waals surface area contributed by atoms with Crippen molar-refractivity contribution in [2.45, 2.75) is 11.8 Å². The molecular formula is C23H20IN3O6S. The highest BCUT2D eigenvalue weighted by Gasteiger charge is 2.19. The fourth-order valence-electron chi connectivity index (χ4n) is 2.77. The molecule has 0 aliphatic carbocycles. The molecule has 0 saturated carbocycles. The van der Waals surface area contributed by atoms with Crippen molar-refractivity contribution in [3.05, 3.63) is 81.4 Å². The van der Waals surface area contributed by atoms with Crippen LogP contribution in [0, 0.1) is 3.57 Å². The molecule has 0 unspecified atom stereocenters. The molecule has 0 bridgehead atoms. The van der Waals surface area contributed by atoms with Crippen molar-refractivity contribution in [2.24, 2.45) is 5.10 Å². The topological polar surface area (TPSA) is 123 Å². The molecule has 0 aliphatic rings. The Balaban J connectivity index is 1.76. The van der Waals surface area contributed by atoms with E-state index in [4.69, 9.17) is 8.92 Å². The van der Waals surface area contributed by atoms with Crippen LogP contribution in [0.25, 0.3) is 0 Å². The molecular weight excluding hydrogens is 573 g/mol. The standard InChI is InChI=1S/C23H20IN3O6S/c1-15(28)26-19-7-9-20(10-8-19)34(30,31)33-22-12-16(6-11-21(22)32-2)14-25-27-23(29)17-4-3-5-18(24)13-17/h3-14H,1-2H3,(H,26,28)(H,27,29)/b25-14-. The second-order valence-corrected chi connectivity index (χ2v) is 9.65. The van der Waals surface area contributed by atoms with Crippen LogP contribution in [-0.2, 0) is 14.9 Å². The average molecular weight is 593 g/mol. The summed E-state index contributed by atoms with van der Waals surface area (Å²) in [6, 6.07) is 17.1. The number of nitrogens with one attached hydrogen (secondary N) is 2. The van der Waals surface area contributed by atoms with Crippen LogP contribution in [0.15, 0.2) is 76.7 Å². The number of benzene rings is 3. The summed E-state index contributed by atoms with van der Waals surface area (Å²) in [6.45, 7) is 1.35. The number of ether oxygens (including phenoxy) is 1. The number of anilines is 1. The van der Waals surface area contributed by atoms with E-state index in [0.29, 0.717) is 16.8 Å². The van der Waals surface area contributed by atoms with Gasteiger partial charge in [0.1, 0.15) is 4.90 Å². The number of methoxy groups -OCH3 is 1. The smallest absolute Gasteiger partial charge is 0.339 e. The first-order valence-electron chi connectivity index (χ1n) is 9.77. The third-order valence-electron chi connectivity index (χ3n) is 4.32. The van der Waals surface area contributed by atoms with Crippen LogP contribution in [0.3, 0.4) is 0 Å². The first kappa shape index (κ1) is 25.2. The normalized spacial score (nSPS) is 11.1. The van der Waals surface area contributed by atoms with Crippen molar-refractivity contribution in [2.75, 3.05) is 12.4 Å². The summed E-state index contributed by atoms with van der Waals surface area (Å²) < 4.78 is 36.9. The fourth-order valence-corrected chi connectivity index (χ4v) is 4.25. The lowest BCUT2D eigenvalue weighted by Gasteiger charge is -2.12. The Bertz CT molecular complexity index is 1340. The Morgan fingerprint density at radius 3 is 2.38 bits per heavy atom. The molecule has 9 nitrogen and oxygen atoms in total. The Morgan fingerprint density at radius 1 is 1.00 bits per heavy atom. The van der Waals surface area contributed by atoms with Crippen LogP contribution in [0.5, 0.6) is 11.5 Å². The number of rotatable bonds is 8. The summed E-state index contributed by atoms with van der Waals surface area (Å²) >= 11 is 2.11. The number of amides is 2. The van der Waals surface area contributed by atoms with E-state index in [1.54, 1.807) is 24.3 Å². The summed E-state index contributed by atoms with van der Waals surface area (Å²) in [5.74, 6) is -0.519. The van der Waals surface area contributed by atoms with Crippen molar-refractivity contribution in [1.82, 2.24) is 5.43 Å². The van der Waals surface area contributed by atoms with E-state index in [1.165, 1.54) is 56.6 Å². The van der Waals surface area contributed by atoms with E-state index in [1.807, 2.05) is 6.07 Å². The van der Waals surface area contributed by atoms with Crippen LogP contribution in [0.2, 0.25) is 0 Å². The molecule has 34 heavy (non-hydrogen) atoms. The van der Waals surface area contributed by atoms with Crippen molar-refractivity contribution in [1.29, 1.82) is 0 Å². The van der Waals surface area contributed by atoms with Crippen LogP contribution >= 0.6 is 22.6 Å². The number of nitrogens with zero attached hydrogens (tertiary/aromatic N) is 1. The highest BCUT2D eigenvalue weighted by atomic mass is 127. The van der Waals surface area contributed by atoms with Gasteiger partial charge in [0.15, 0.2) is 11.5 Å². The molecule has 3 rings (SSSR count). The molecule has 176 valence electrons. The van der Waals surface area contributed by atoms with Gasteiger partial charge in [0.2, 0.25) is 5.91 Å². The van der Waals surface area contributed by atoms with E-state index in [2.05, 4.69) is 38.4 Å². The quantitative estimate of drug-likeness (QED) is 0.177. The third-order valence-corrected chi connectivity index (χ3v) is 6.24. The predicted molar refractivity (Wildman–Crippen MR) is 136 cm³/mol. The lowest BCUT2D eigenvalue weighted by molar-refractivity contribution is -0.114. The Hall–Kier alpha value is -3.45. The summed E-state index contributed by atoms with van der Waals surface area (Å²) in [5, 5.41) is 6.48. The van der Waals surface area contributed by atoms with E-state index >= 15 is 0 Å². The third kappa shape index (κ3) is 6.78. The van der Waals surface area contributed by atoms with Gasteiger partial charge in [-0.25, -0.2) is 5.43 Å². The van der Waals surface area contributed by atoms with Gasteiger partial charge in [0.25, 0.3) is 5.91 Å². The van der Waals surface area contributed by atoms with E-state index in [-0.39, 0.29) is 28.2 Å².